The van der Waals surface area contributed by atoms with Gasteiger partial charge >= 0.3 is 0 Å². The third kappa shape index (κ3) is 4.43. The molecule has 1 atom stereocenters. The molecule has 1 aromatic carbocycles. The third-order valence-electron chi connectivity index (χ3n) is 7.15. The minimum Gasteiger partial charge on any atom is -0.326 e. The van der Waals surface area contributed by atoms with Gasteiger partial charge in [-0.05, 0) is 62.9 Å². The maximum atomic E-state index is 14.9. The minimum absolute atomic E-state index is 0.0122. The molecule has 0 unspecified atom stereocenters. The van der Waals surface area contributed by atoms with Crippen LogP contribution in [0.2, 0.25) is 0 Å². The highest BCUT2D eigenvalue weighted by Crippen LogP contribution is 2.32. The molecule has 1 fully saturated rings. The van der Waals surface area contributed by atoms with Crippen LogP contribution >= 0.6 is 0 Å². The van der Waals surface area contributed by atoms with Crippen molar-refractivity contribution in [2.45, 2.75) is 46.6 Å². The molecule has 4 aromatic rings. The van der Waals surface area contributed by atoms with Crippen molar-refractivity contribution in [3.63, 3.8) is 0 Å². The van der Waals surface area contributed by atoms with E-state index >= 15 is 0 Å². The van der Waals surface area contributed by atoms with Gasteiger partial charge in [-0.25, -0.2) is 28.7 Å². The Morgan fingerprint density at radius 3 is 2.47 bits per heavy atom. The Bertz CT molecular complexity index is 1390. The van der Waals surface area contributed by atoms with Crippen molar-refractivity contribution in [2.24, 2.45) is 5.92 Å². The average Bonchev–Trinajstić information content (AvgIpc) is 3.16. The molecule has 188 valence electrons. The van der Waals surface area contributed by atoms with E-state index < -0.39 is 11.6 Å². The summed E-state index contributed by atoms with van der Waals surface area (Å²) in [5.74, 6) is 1.36. The number of halogens is 2. The second-order valence-electron chi connectivity index (χ2n) is 9.84. The second-order valence-corrected chi connectivity index (χ2v) is 9.84. The number of imidazole rings is 1. The summed E-state index contributed by atoms with van der Waals surface area (Å²) < 4.78 is 31.6. The van der Waals surface area contributed by atoms with Gasteiger partial charge in [0.25, 0.3) is 0 Å². The highest BCUT2D eigenvalue weighted by molar-refractivity contribution is 5.83. The van der Waals surface area contributed by atoms with Crippen molar-refractivity contribution < 1.29 is 8.78 Å². The molecule has 7 nitrogen and oxygen atoms in total. The van der Waals surface area contributed by atoms with E-state index in [1.54, 1.807) is 6.07 Å². The van der Waals surface area contributed by atoms with E-state index in [-0.39, 0.29) is 23.2 Å². The predicted octanol–water partition coefficient (Wildman–Crippen LogP) is 5.85. The lowest BCUT2D eigenvalue weighted by molar-refractivity contribution is 0.0909. The normalized spacial score (nSPS) is 15.4. The Labute approximate surface area is 209 Å². The maximum Gasteiger partial charge on any atom is 0.229 e. The van der Waals surface area contributed by atoms with Crippen molar-refractivity contribution in [2.75, 3.05) is 25.0 Å². The van der Waals surface area contributed by atoms with Crippen LogP contribution < -0.4 is 5.32 Å². The lowest BCUT2D eigenvalue weighted by atomic mass is 9.83. The fourth-order valence-electron chi connectivity index (χ4n) is 5.01. The van der Waals surface area contributed by atoms with Gasteiger partial charge in [-0.1, -0.05) is 19.9 Å². The molecule has 9 heteroatoms. The summed E-state index contributed by atoms with van der Waals surface area (Å²) in [6.07, 6.45) is 2.95. The van der Waals surface area contributed by atoms with Gasteiger partial charge in [0, 0.05) is 30.9 Å². The van der Waals surface area contributed by atoms with E-state index in [9.17, 15) is 8.78 Å². The smallest absolute Gasteiger partial charge is 0.229 e. The van der Waals surface area contributed by atoms with Crippen LogP contribution in [0.4, 0.5) is 20.5 Å². The van der Waals surface area contributed by atoms with Crippen molar-refractivity contribution in [3.05, 3.63) is 59.7 Å². The zero-order valence-corrected chi connectivity index (χ0v) is 21.3. The van der Waals surface area contributed by atoms with E-state index in [2.05, 4.69) is 50.1 Å². The maximum absolute atomic E-state index is 14.9. The highest BCUT2D eigenvalue weighted by Gasteiger charge is 2.30. The first kappa shape index (κ1) is 24.2. The molecule has 1 saturated heterocycles. The number of rotatable bonds is 7. The first-order valence-corrected chi connectivity index (χ1v) is 12.4. The average molecular weight is 492 g/mol. The fraction of sp³-hybridized carbons (Fsp3) is 0.407. The number of pyridine rings is 1. The number of aromatic nitrogens is 5. The molecule has 0 saturated carbocycles. The number of anilines is 2. The Balaban J connectivity index is 1.40. The van der Waals surface area contributed by atoms with Crippen LogP contribution in [0.15, 0.2) is 36.7 Å². The number of nitrogens with one attached hydrogen (secondary N) is 1. The molecule has 4 heterocycles. The molecule has 0 spiro atoms. The molecule has 0 aliphatic carbocycles. The summed E-state index contributed by atoms with van der Waals surface area (Å²) in [6.45, 7) is 13.6. The predicted molar refractivity (Wildman–Crippen MR) is 137 cm³/mol. The van der Waals surface area contributed by atoms with Crippen LogP contribution in [0.25, 0.3) is 22.3 Å². The highest BCUT2D eigenvalue weighted by atomic mass is 19.1. The lowest BCUT2D eigenvalue weighted by Crippen LogP contribution is -2.48. The third-order valence-corrected chi connectivity index (χ3v) is 7.15. The van der Waals surface area contributed by atoms with Crippen molar-refractivity contribution in [3.8, 4) is 11.3 Å². The molecule has 1 aliphatic rings. The summed E-state index contributed by atoms with van der Waals surface area (Å²) in [7, 11) is 0. The van der Waals surface area contributed by atoms with Crippen LogP contribution in [0.5, 0.6) is 0 Å². The van der Waals surface area contributed by atoms with Crippen LogP contribution in [0, 0.1) is 24.5 Å². The van der Waals surface area contributed by atoms with Crippen LogP contribution in [0.1, 0.15) is 51.0 Å². The van der Waals surface area contributed by atoms with Crippen molar-refractivity contribution in [1.82, 2.24) is 29.4 Å². The summed E-state index contributed by atoms with van der Waals surface area (Å²) in [6, 6.07) is 7.00. The second kappa shape index (κ2) is 9.54. The SMILES string of the molecule is CCN1CC([C@@H](C)c2ccc(Nc3ncc(F)c(-c4cc(F)c5nc(C)n(C(C)C)c5c4)n3)nc2)C1. The van der Waals surface area contributed by atoms with Gasteiger partial charge in [0.2, 0.25) is 5.95 Å². The van der Waals surface area contributed by atoms with Crippen molar-refractivity contribution >= 4 is 22.8 Å². The fourth-order valence-corrected chi connectivity index (χ4v) is 5.01. The van der Waals surface area contributed by atoms with Crippen LogP contribution in [-0.2, 0) is 0 Å². The molecule has 3 aromatic heterocycles. The first-order chi connectivity index (χ1) is 17.2. The molecular formula is C27H31F2N7. The van der Waals surface area contributed by atoms with Crippen LogP contribution in [-0.4, -0.2) is 49.0 Å². The van der Waals surface area contributed by atoms with E-state index in [0.29, 0.717) is 34.6 Å². The van der Waals surface area contributed by atoms with Gasteiger partial charge in [-0.3, -0.25) is 0 Å². The zero-order chi connectivity index (χ0) is 25.6. The van der Waals surface area contributed by atoms with Crippen LogP contribution in [0.3, 0.4) is 0 Å². The minimum atomic E-state index is -0.634. The first-order valence-electron chi connectivity index (χ1n) is 12.4. The van der Waals surface area contributed by atoms with Gasteiger partial charge in [-0.15, -0.1) is 0 Å². The zero-order valence-electron chi connectivity index (χ0n) is 21.3. The quantitative estimate of drug-likeness (QED) is 0.349. The summed E-state index contributed by atoms with van der Waals surface area (Å²) in [5, 5.41) is 3.05. The number of likely N-dealkylation sites (tertiary alicyclic amines) is 1. The summed E-state index contributed by atoms with van der Waals surface area (Å²) in [4.78, 5) is 19.7. The molecule has 0 radical (unpaired) electrons. The van der Waals surface area contributed by atoms with E-state index in [1.807, 2.05) is 37.6 Å². The number of hydrogen-bond acceptors (Lipinski definition) is 6. The van der Waals surface area contributed by atoms with Gasteiger partial charge in [0.1, 0.15) is 22.9 Å². The summed E-state index contributed by atoms with van der Waals surface area (Å²) >= 11 is 0. The number of benzene rings is 1. The number of aryl methyl sites for hydroxylation is 1. The molecule has 36 heavy (non-hydrogen) atoms. The van der Waals surface area contributed by atoms with Gasteiger partial charge < -0.3 is 14.8 Å². The number of fused-ring (bicyclic) bond motifs is 1. The Kier molecular flexibility index (Phi) is 6.42. The molecule has 1 aliphatic heterocycles. The van der Waals surface area contributed by atoms with Gasteiger partial charge in [0.15, 0.2) is 11.6 Å². The topological polar surface area (TPSA) is 71.8 Å². The van der Waals surface area contributed by atoms with E-state index in [4.69, 9.17) is 0 Å². The van der Waals surface area contributed by atoms with Gasteiger partial charge in [-0.2, -0.15) is 0 Å². The molecule has 0 amide bonds. The monoisotopic (exact) mass is 491 g/mol. The molecule has 0 bridgehead atoms. The Morgan fingerprint density at radius 1 is 1.03 bits per heavy atom. The standard InChI is InChI=1S/C27H31F2N7/c1-6-35-13-20(14-35)16(4)18-7-8-24(30-11-18)33-27-31-12-22(29)25(34-27)19-9-21(28)26-23(10-19)36(15(2)3)17(5)32-26/h7-12,15-16,20H,6,13-14H2,1-5H3,(H,30,31,33,34)/t16-/m0/s1. The van der Waals surface area contributed by atoms with E-state index in [1.165, 1.54) is 11.6 Å². The summed E-state index contributed by atoms with van der Waals surface area (Å²) in [5.41, 5.74) is 2.38. The van der Waals surface area contributed by atoms with Crippen molar-refractivity contribution in [1.29, 1.82) is 0 Å². The lowest BCUT2D eigenvalue weighted by Gasteiger charge is -2.42. The van der Waals surface area contributed by atoms with Gasteiger partial charge in [0.05, 0.1) is 11.7 Å². The molecule has 1 N–H and O–H groups in total. The number of hydrogen-bond donors (Lipinski definition) is 1. The largest absolute Gasteiger partial charge is 0.326 e. The Hall–Kier alpha value is -3.46. The molecule has 5 rings (SSSR count). The molecular weight excluding hydrogens is 460 g/mol. The Morgan fingerprint density at radius 2 is 1.81 bits per heavy atom. The van der Waals surface area contributed by atoms with E-state index in [0.717, 1.165) is 25.8 Å². The number of nitrogens with zero attached hydrogens (tertiary/aromatic N) is 6.